The van der Waals surface area contributed by atoms with Gasteiger partial charge in [-0.15, -0.1) is 0 Å². The second-order valence-corrected chi connectivity index (χ2v) is 5.34. The highest BCUT2D eigenvalue weighted by Gasteiger charge is 2.36. The molecule has 0 spiro atoms. The van der Waals surface area contributed by atoms with E-state index in [1.54, 1.807) is 0 Å². The zero-order valence-corrected chi connectivity index (χ0v) is 11.1. The normalized spacial score (nSPS) is 24.5. The van der Waals surface area contributed by atoms with Gasteiger partial charge in [-0.25, -0.2) is 4.79 Å². The Morgan fingerprint density at radius 1 is 1.26 bits per heavy atom. The number of hydrogen-bond acceptors (Lipinski definition) is 1. The van der Waals surface area contributed by atoms with Gasteiger partial charge in [0.2, 0.25) is 0 Å². The first-order valence-corrected chi connectivity index (χ1v) is 7.11. The number of urea groups is 1. The van der Waals surface area contributed by atoms with Crippen molar-refractivity contribution < 1.29 is 4.79 Å². The molecular weight excluding hydrogens is 236 g/mol. The van der Waals surface area contributed by atoms with E-state index >= 15 is 0 Å². The van der Waals surface area contributed by atoms with Gasteiger partial charge in [0.05, 0.1) is 6.04 Å². The third-order valence-corrected chi connectivity index (χ3v) is 4.08. The number of amides is 2. The summed E-state index contributed by atoms with van der Waals surface area (Å²) in [5.74, 6) is 0. The maximum Gasteiger partial charge on any atom is 0.318 e. The van der Waals surface area contributed by atoms with E-state index in [1.807, 2.05) is 23.1 Å². The van der Waals surface area contributed by atoms with E-state index in [1.165, 1.54) is 5.56 Å². The summed E-state index contributed by atoms with van der Waals surface area (Å²) in [6, 6.07) is 11.1. The van der Waals surface area contributed by atoms with E-state index in [0.717, 1.165) is 25.7 Å². The summed E-state index contributed by atoms with van der Waals surface area (Å²) in [6.45, 7) is 0.711. The predicted molar refractivity (Wildman–Crippen MR) is 76.0 cm³/mol. The van der Waals surface area contributed by atoms with E-state index in [-0.39, 0.29) is 6.03 Å². The minimum Gasteiger partial charge on any atom is -0.338 e. The number of carbonyl (C=O) groups excluding carboxylic acids is 1. The second-order valence-electron chi connectivity index (χ2n) is 5.34. The molecule has 0 unspecified atom stereocenters. The molecule has 2 aliphatic heterocycles. The molecule has 2 atom stereocenters. The number of benzene rings is 1. The molecule has 3 rings (SSSR count). The van der Waals surface area contributed by atoms with Crippen molar-refractivity contribution in [1.82, 2.24) is 10.2 Å². The molecule has 19 heavy (non-hydrogen) atoms. The molecule has 0 saturated carbocycles. The van der Waals surface area contributed by atoms with Crippen molar-refractivity contribution in [2.45, 2.75) is 37.8 Å². The van der Waals surface area contributed by atoms with E-state index in [2.05, 4.69) is 29.6 Å². The van der Waals surface area contributed by atoms with Crippen molar-refractivity contribution >= 4 is 6.03 Å². The Bertz CT molecular complexity index is 469. The Labute approximate surface area is 114 Å². The zero-order valence-electron chi connectivity index (χ0n) is 11.1. The van der Waals surface area contributed by atoms with Gasteiger partial charge in [-0.05, 0) is 31.2 Å². The first-order chi connectivity index (χ1) is 9.34. The number of rotatable bonds is 3. The van der Waals surface area contributed by atoms with Gasteiger partial charge in [0.1, 0.15) is 0 Å². The third-order valence-electron chi connectivity index (χ3n) is 4.08. The Kier molecular flexibility index (Phi) is 3.53. The van der Waals surface area contributed by atoms with Gasteiger partial charge in [0, 0.05) is 12.6 Å². The molecular formula is C16H20N2O. The highest BCUT2D eigenvalue weighted by Crippen LogP contribution is 2.31. The summed E-state index contributed by atoms with van der Waals surface area (Å²) in [4.78, 5) is 14.3. The highest BCUT2D eigenvalue weighted by atomic mass is 16.2. The number of carbonyl (C=O) groups is 1. The van der Waals surface area contributed by atoms with E-state index in [9.17, 15) is 4.79 Å². The largest absolute Gasteiger partial charge is 0.338 e. The Balaban J connectivity index is 1.51. The Morgan fingerprint density at radius 3 is 2.89 bits per heavy atom. The molecule has 2 amide bonds. The van der Waals surface area contributed by atoms with E-state index in [0.29, 0.717) is 18.6 Å². The van der Waals surface area contributed by atoms with Gasteiger partial charge in [0.15, 0.2) is 0 Å². The summed E-state index contributed by atoms with van der Waals surface area (Å²) < 4.78 is 0. The van der Waals surface area contributed by atoms with E-state index in [4.69, 9.17) is 0 Å². The molecule has 2 heterocycles. The SMILES string of the molecule is O=C(NCCc1ccccc1)N1[C@H]2CC=C[C@H]1CC2. The Hall–Kier alpha value is -1.77. The molecule has 0 aliphatic carbocycles. The van der Waals surface area contributed by atoms with Crippen molar-refractivity contribution in [3.8, 4) is 0 Å². The number of fused-ring (bicyclic) bond motifs is 2. The van der Waals surface area contributed by atoms with Crippen LogP contribution in [0.4, 0.5) is 4.79 Å². The van der Waals surface area contributed by atoms with Crippen LogP contribution in [0.15, 0.2) is 42.5 Å². The number of hydrogen-bond donors (Lipinski definition) is 1. The van der Waals surface area contributed by atoms with Crippen molar-refractivity contribution in [3.05, 3.63) is 48.0 Å². The molecule has 1 aromatic rings. The number of nitrogens with one attached hydrogen (secondary N) is 1. The summed E-state index contributed by atoms with van der Waals surface area (Å²) in [6.07, 6.45) is 8.57. The summed E-state index contributed by atoms with van der Waals surface area (Å²) in [5, 5.41) is 3.05. The van der Waals surface area contributed by atoms with Gasteiger partial charge in [0.25, 0.3) is 0 Å². The maximum absolute atomic E-state index is 12.2. The molecule has 1 fully saturated rings. The first-order valence-electron chi connectivity index (χ1n) is 7.11. The average molecular weight is 256 g/mol. The van der Waals surface area contributed by atoms with Crippen LogP contribution in [0.2, 0.25) is 0 Å². The standard InChI is InChI=1S/C16H20N2O/c19-16(17-12-11-13-5-2-1-3-6-13)18-14-7-4-8-15(18)10-9-14/h1-7,14-15H,8-12H2,(H,17,19)/t14-,15-/m0/s1. The fraction of sp³-hybridized carbons (Fsp3) is 0.438. The monoisotopic (exact) mass is 256 g/mol. The lowest BCUT2D eigenvalue weighted by Crippen LogP contribution is -2.48. The fourth-order valence-electron chi connectivity index (χ4n) is 3.09. The minimum absolute atomic E-state index is 0.104. The van der Waals surface area contributed by atoms with Crippen LogP contribution in [0.1, 0.15) is 24.8 Å². The van der Waals surface area contributed by atoms with Gasteiger partial charge >= 0.3 is 6.03 Å². The highest BCUT2D eigenvalue weighted by molar-refractivity contribution is 5.75. The fourth-order valence-corrected chi connectivity index (χ4v) is 3.09. The van der Waals surface area contributed by atoms with E-state index < -0.39 is 0 Å². The molecule has 1 saturated heterocycles. The molecule has 1 aromatic carbocycles. The van der Waals surface area contributed by atoms with Gasteiger partial charge in [-0.1, -0.05) is 42.5 Å². The smallest absolute Gasteiger partial charge is 0.318 e. The van der Waals surface area contributed by atoms with Gasteiger partial charge in [-0.3, -0.25) is 0 Å². The topological polar surface area (TPSA) is 32.3 Å². The maximum atomic E-state index is 12.2. The lowest BCUT2D eigenvalue weighted by atomic mass is 10.1. The lowest BCUT2D eigenvalue weighted by molar-refractivity contribution is 0.179. The zero-order chi connectivity index (χ0) is 13.1. The molecule has 2 bridgehead atoms. The van der Waals surface area contributed by atoms with Gasteiger partial charge < -0.3 is 10.2 Å². The molecule has 2 aliphatic rings. The van der Waals surface area contributed by atoms with Crippen LogP contribution >= 0.6 is 0 Å². The molecule has 100 valence electrons. The summed E-state index contributed by atoms with van der Waals surface area (Å²) in [7, 11) is 0. The molecule has 0 aromatic heterocycles. The quantitative estimate of drug-likeness (QED) is 0.829. The van der Waals surface area contributed by atoms with Crippen molar-refractivity contribution in [1.29, 1.82) is 0 Å². The van der Waals surface area contributed by atoms with Crippen LogP contribution in [0.25, 0.3) is 0 Å². The molecule has 0 radical (unpaired) electrons. The minimum atomic E-state index is 0.104. The van der Waals surface area contributed by atoms with Gasteiger partial charge in [-0.2, -0.15) is 0 Å². The first kappa shape index (κ1) is 12.3. The molecule has 1 N–H and O–H groups in total. The average Bonchev–Trinajstić information content (AvgIpc) is 2.70. The van der Waals surface area contributed by atoms with Crippen molar-refractivity contribution in [2.75, 3.05) is 6.54 Å². The molecule has 3 nitrogen and oxygen atoms in total. The summed E-state index contributed by atoms with van der Waals surface area (Å²) in [5.41, 5.74) is 1.27. The van der Waals surface area contributed by atoms with Crippen LogP contribution in [-0.4, -0.2) is 29.6 Å². The lowest BCUT2D eigenvalue weighted by Gasteiger charge is -2.31. The Morgan fingerprint density at radius 2 is 2.11 bits per heavy atom. The second kappa shape index (κ2) is 5.47. The van der Waals surface area contributed by atoms with Crippen LogP contribution in [0.3, 0.4) is 0 Å². The third kappa shape index (κ3) is 2.65. The van der Waals surface area contributed by atoms with Crippen LogP contribution in [-0.2, 0) is 6.42 Å². The van der Waals surface area contributed by atoms with Crippen LogP contribution < -0.4 is 5.32 Å². The van der Waals surface area contributed by atoms with Crippen LogP contribution in [0, 0.1) is 0 Å². The van der Waals surface area contributed by atoms with Crippen molar-refractivity contribution in [3.63, 3.8) is 0 Å². The summed E-state index contributed by atoms with van der Waals surface area (Å²) >= 11 is 0. The molecule has 3 heteroatoms. The van der Waals surface area contributed by atoms with Crippen molar-refractivity contribution in [2.24, 2.45) is 0 Å². The number of nitrogens with zero attached hydrogens (tertiary/aromatic N) is 1. The predicted octanol–water partition coefficient (Wildman–Crippen LogP) is 2.73. The van der Waals surface area contributed by atoms with Crippen LogP contribution in [0.5, 0.6) is 0 Å².